The lowest BCUT2D eigenvalue weighted by Crippen LogP contribution is -2.07. The van der Waals surface area contributed by atoms with E-state index in [4.69, 9.17) is 11.6 Å². The standard InChI is InChI=1S/C19H19ClN2O2S2/c1-26(23,24)12-11-25-19-21-13-18(16-7-9-17(20)10-8-16)22(19)14-15-5-3-2-4-6-15/h2-10,13H,11-12,14H2,1H3. The maximum Gasteiger partial charge on any atom is 0.168 e. The van der Waals surface area contributed by atoms with Crippen LogP contribution in [0.25, 0.3) is 11.3 Å². The Labute approximate surface area is 163 Å². The van der Waals surface area contributed by atoms with Gasteiger partial charge in [-0.2, -0.15) is 0 Å². The van der Waals surface area contributed by atoms with Crippen molar-refractivity contribution in [1.29, 1.82) is 0 Å². The van der Waals surface area contributed by atoms with Gasteiger partial charge in [0.15, 0.2) is 5.16 Å². The molecule has 26 heavy (non-hydrogen) atoms. The van der Waals surface area contributed by atoms with Gasteiger partial charge in [-0.05, 0) is 23.3 Å². The number of benzene rings is 2. The molecule has 0 amide bonds. The van der Waals surface area contributed by atoms with E-state index in [0.29, 0.717) is 17.3 Å². The first-order chi connectivity index (χ1) is 12.4. The first-order valence-electron chi connectivity index (χ1n) is 8.08. The third-order valence-electron chi connectivity index (χ3n) is 3.83. The molecule has 0 saturated heterocycles. The van der Waals surface area contributed by atoms with Gasteiger partial charge in [0.25, 0.3) is 0 Å². The summed E-state index contributed by atoms with van der Waals surface area (Å²) in [5.41, 5.74) is 3.16. The zero-order chi connectivity index (χ0) is 18.6. The molecule has 0 aliphatic rings. The second-order valence-electron chi connectivity index (χ2n) is 5.98. The number of halogens is 1. The largest absolute Gasteiger partial charge is 0.314 e. The molecule has 0 radical (unpaired) electrons. The predicted molar refractivity (Wildman–Crippen MR) is 109 cm³/mol. The van der Waals surface area contributed by atoms with Crippen molar-refractivity contribution in [1.82, 2.24) is 9.55 Å². The summed E-state index contributed by atoms with van der Waals surface area (Å²) >= 11 is 7.46. The molecule has 0 unspecified atom stereocenters. The quantitative estimate of drug-likeness (QED) is 0.546. The number of aromatic nitrogens is 2. The SMILES string of the molecule is CS(=O)(=O)CCSc1ncc(-c2ccc(Cl)cc2)n1Cc1ccccc1. The van der Waals surface area contributed by atoms with Crippen molar-refractivity contribution in [3.05, 3.63) is 71.4 Å². The Hall–Kier alpha value is -1.76. The first-order valence-corrected chi connectivity index (χ1v) is 11.5. The molecular formula is C19H19ClN2O2S2. The molecule has 1 aromatic heterocycles. The van der Waals surface area contributed by atoms with Gasteiger partial charge in [-0.3, -0.25) is 0 Å². The van der Waals surface area contributed by atoms with Gasteiger partial charge in [0, 0.05) is 17.0 Å². The monoisotopic (exact) mass is 406 g/mol. The van der Waals surface area contributed by atoms with E-state index in [0.717, 1.165) is 22.0 Å². The molecule has 0 bridgehead atoms. The van der Waals surface area contributed by atoms with E-state index < -0.39 is 9.84 Å². The van der Waals surface area contributed by atoms with Gasteiger partial charge >= 0.3 is 0 Å². The normalized spacial score (nSPS) is 11.6. The van der Waals surface area contributed by atoms with E-state index in [1.54, 1.807) is 0 Å². The molecule has 3 rings (SSSR count). The van der Waals surface area contributed by atoms with E-state index in [2.05, 4.69) is 21.7 Å². The van der Waals surface area contributed by atoms with Crippen molar-refractivity contribution in [2.75, 3.05) is 17.8 Å². The van der Waals surface area contributed by atoms with Gasteiger partial charge in [0.05, 0.1) is 24.2 Å². The molecule has 136 valence electrons. The predicted octanol–water partition coefficient (Wildman–Crippen LogP) is 4.39. The van der Waals surface area contributed by atoms with Gasteiger partial charge in [-0.1, -0.05) is 65.8 Å². The second kappa shape index (κ2) is 8.29. The fourth-order valence-corrected chi connectivity index (χ4v) is 4.83. The Morgan fingerprint density at radius 1 is 1.08 bits per heavy atom. The second-order valence-corrected chi connectivity index (χ2v) is 9.74. The van der Waals surface area contributed by atoms with Crippen LogP contribution in [0, 0.1) is 0 Å². The molecule has 3 aromatic rings. The zero-order valence-electron chi connectivity index (χ0n) is 14.3. The maximum absolute atomic E-state index is 11.4. The van der Waals surface area contributed by atoms with Crippen LogP contribution >= 0.6 is 23.4 Å². The van der Waals surface area contributed by atoms with Crippen LogP contribution in [0.1, 0.15) is 5.56 Å². The number of sulfone groups is 1. The van der Waals surface area contributed by atoms with E-state index in [1.165, 1.54) is 18.0 Å². The molecule has 0 atom stereocenters. The Morgan fingerprint density at radius 3 is 2.42 bits per heavy atom. The minimum Gasteiger partial charge on any atom is -0.314 e. The fourth-order valence-electron chi connectivity index (χ4n) is 2.53. The van der Waals surface area contributed by atoms with Crippen molar-refractivity contribution in [2.45, 2.75) is 11.7 Å². The number of thioether (sulfide) groups is 1. The molecule has 1 heterocycles. The summed E-state index contributed by atoms with van der Waals surface area (Å²) in [6.07, 6.45) is 3.08. The molecule has 2 aromatic carbocycles. The van der Waals surface area contributed by atoms with Crippen molar-refractivity contribution < 1.29 is 8.42 Å². The highest BCUT2D eigenvalue weighted by Crippen LogP contribution is 2.28. The molecule has 4 nitrogen and oxygen atoms in total. The van der Waals surface area contributed by atoms with Gasteiger partial charge in [-0.25, -0.2) is 13.4 Å². The minimum absolute atomic E-state index is 0.131. The number of nitrogens with zero attached hydrogens (tertiary/aromatic N) is 2. The topological polar surface area (TPSA) is 52.0 Å². The van der Waals surface area contributed by atoms with Crippen molar-refractivity contribution in [2.24, 2.45) is 0 Å². The number of hydrogen-bond acceptors (Lipinski definition) is 4. The number of hydrogen-bond donors (Lipinski definition) is 0. The van der Waals surface area contributed by atoms with Crippen LogP contribution in [-0.4, -0.2) is 35.7 Å². The Kier molecular flexibility index (Phi) is 6.06. The van der Waals surface area contributed by atoms with E-state index in [-0.39, 0.29) is 5.75 Å². The van der Waals surface area contributed by atoms with Gasteiger partial charge in [0.1, 0.15) is 9.84 Å². The van der Waals surface area contributed by atoms with Gasteiger partial charge in [0.2, 0.25) is 0 Å². The van der Waals surface area contributed by atoms with Gasteiger partial charge in [-0.15, -0.1) is 0 Å². The van der Waals surface area contributed by atoms with Crippen molar-refractivity contribution >= 4 is 33.2 Å². The van der Waals surface area contributed by atoms with Crippen LogP contribution in [0.4, 0.5) is 0 Å². The van der Waals surface area contributed by atoms with E-state index >= 15 is 0 Å². The number of imidazole rings is 1. The van der Waals surface area contributed by atoms with Crippen LogP contribution in [0.5, 0.6) is 0 Å². The lowest BCUT2D eigenvalue weighted by molar-refractivity contribution is 0.603. The van der Waals surface area contributed by atoms with E-state index in [9.17, 15) is 8.42 Å². The Balaban J connectivity index is 1.92. The van der Waals surface area contributed by atoms with Crippen LogP contribution in [-0.2, 0) is 16.4 Å². The lowest BCUT2D eigenvalue weighted by Gasteiger charge is -2.12. The Morgan fingerprint density at radius 2 is 1.77 bits per heavy atom. The molecule has 0 saturated carbocycles. The van der Waals surface area contributed by atoms with Crippen LogP contribution < -0.4 is 0 Å². The lowest BCUT2D eigenvalue weighted by atomic mass is 10.1. The highest BCUT2D eigenvalue weighted by Gasteiger charge is 2.14. The summed E-state index contributed by atoms with van der Waals surface area (Å²) in [5, 5.41) is 1.49. The van der Waals surface area contributed by atoms with Gasteiger partial charge < -0.3 is 4.57 Å². The summed E-state index contributed by atoms with van der Waals surface area (Å²) in [5.74, 6) is 0.608. The third kappa shape index (κ3) is 5.13. The fraction of sp³-hybridized carbons (Fsp3) is 0.211. The average Bonchev–Trinajstić information content (AvgIpc) is 2.98. The highest BCUT2D eigenvalue weighted by molar-refractivity contribution is 8.00. The summed E-state index contributed by atoms with van der Waals surface area (Å²) in [7, 11) is -2.99. The minimum atomic E-state index is -2.99. The summed E-state index contributed by atoms with van der Waals surface area (Å²) in [4.78, 5) is 4.53. The highest BCUT2D eigenvalue weighted by atomic mass is 35.5. The first kappa shape index (κ1) is 19.0. The third-order valence-corrected chi connectivity index (χ3v) is 6.28. The molecule has 0 aliphatic carbocycles. The smallest absolute Gasteiger partial charge is 0.168 e. The molecule has 7 heteroatoms. The zero-order valence-corrected chi connectivity index (χ0v) is 16.7. The maximum atomic E-state index is 11.4. The Bertz CT molecular complexity index is 969. The molecule has 0 spiro atoms. The molecule has 0 N–H and O–H groups in total. The summed E-state index contributed by atoms with van der Waals surface area (Å²) in [6.45, 7) is 0.667. The van der Waals surface area contributed by atoms with E-state index in [1.807, 2.05) is 48.7 Å². The summed E-state index contributed by atoms with van der Waals surface area (Å²) < 4.78 is 24.9. The molecular weight excluding hydrogens is 388 g/mol. The molecule has 0 fully saturated rings. The van der Waals surface area contributed by atoms with Crippen LogP contribution in [0.15, 0.2) is 66.0 Å². The number of rotatable bonds is 7. The average molecular weight is 407 g/mol. The summed E-state index contributed by atoms with van der Waals surface area (Å²) in [6, 6.07) is 17.8. The van der Waals surface area contributed by atoms with Crippen LogP contribution in [0.2, 0.25) is 5.02 Å². The van der Waals surface area contributed by atoms with Crippen molar-refractivity contribution in [3.63, 3.8) is 0 Å². The molecule has 0 aliphatic heterocycles. The van der Waals surface area contributed by atoms with Crippen LogP contribution in [0.3, 0.4) is 0 Å². The van der Waals surface area contributed by atoms with Crippen molar-refractivity contribution in [3.8, 4) is 11.3 Å².